The number of carbonyl (C=O) groups excluding carboxylic acids is 2. The van der Waals surface area contributed by atoms with E-state index in [0.717, 1.165) is 54.7 Å². The van der Waals surface area contributed by atoms with Crippen LogP contribution in [0, 0.1) is 0 Å². The van der Waals surface area contributed by atoms with E-state index in [1.165, 1.54) is 11.1 Å². The Morgan fingerprint density at radius 1 is 0.507 bits per heavy atom. The lowest BCUT2D eigenvalue weighted by molar-refractivity contribution is -0.941. The Labute approximate surface area is 407 Å². The Morgan fingerprint density at radius 2 is 0.986 bits per heavy atom. The number of fused-ring (bicyclic) bond motifs is 2. The molecule has 16 nitrogen and oxygen atoms in total. The molecule has 0 spiro atoms. The summed E-state index contributed by atoms with van der Waals surface area (Å²) in [6, 6.07) is 16.0. The third kappa shape index (κ3) is 11.3. The number of nitrogens with zero attached hydrogens (tertiary/aromatic N) is 2. The topological polar surface area (TPSA) is 145 Å². The van der Waals surface area contributed by atoms with Gasteiger partial charge in [0.15, 0.2) is 46.0 Å². The molecule has 4 unspecified atom stereocenters. The Balaban J connectivity index is 1.06. The molecule has 0 aliphatic carbocycles. The monoisotopic (exact) mass is 960 g/mol. The first-order chi connectivity index (χ1) is 33.3. The van der Waals surface area contributed by atoms with E-state index < -0.39 is 11.9 Å². The molecule has 0 saturated heterocycles. The third-order valence-electron chi connectivity index (χ3n) is 14.0. The molecule has 0 aromatic heterocycles. The predicted molar refractivity (Wildman–Crippen MR) is 259 cm³/mol. The van der Waals surface area contributed by atoms with Gasteiger partial charge < -0.3 is 65.8 Å². The van der Waals surface area contributed by atoms with Gasteiger partial charge in [0.1, 0.15) is 12.1 Å². The summed E-state index contributed by atoms with van der Waals surface area (Å²) >= 11 is 0. The quantitative estimate of drug-likeness (QED) is 0.0388. The van der Waals surface area contributed by atoms with Crippen LogP contribution in [0.1, 0.15) is 71.1 Å². The van der Waals surface area contributed by atoms with Crippen molar-refractivity contribution in [1.82, 2.24) is 0 Å². The first kappa shape index (κ1) is 52.1. The largest absolute Gasteiger partial charge is 0.493 e. The lowest BCUT2D eigenvalue weighted by Crippen LogP contribution is -2.52. The summed E-state index contributed by atoms with van der Waals surface area (Å²) in [6.07, 6.45) is 3.34. The molecule has 0 amide bonds. The van der Waals surface area contributed by atoms with Crippen LogP contribution in [0.25, 0.3) is 0 Å². The van der Waals surface area contributed by atoms with E-state index in [1.54, 1.807) is 71.1 Å². The predicted octanol–water partition coefficient (Wildman–Crippen LogP) is 7.50. The molecular weight excluding hydrogens is 889 g/mol. The van der Waals surface area contributed by atoms with Crippen LogP contribution in [0.5, 0.6) is 57.5 Å². The van der Waals surface area contributed by atoms with Crippen molar-refractivity contribution < 1.29 is 75.4 Å². The SMILES string of the molecule is COc1ccc(C2c3c(cc(OC)c(OC)c3OC)CC[N+]2(C)CCCOC(=O)CCC(=O)OCCC[N+]2(C)CCc3cc(OC)c(OC)cc3C2Cc2cc(OC)c(OC)c(OC)c2)cc1OC. The van der Waals surface area contributed by atoms with Gasteiger partial charge in [-0.25, -0.2) is 0 Å². The van der Waals surface area contributed by atoms with Crippen LogP contribution < -0.4 is 47.4 Å². The van der Waals surface area contributed by atoms with Gasteiger partial charge in [-0.05, 0) is 65.2 Å². The van der Waals surface area contributed by atoms with Crippen LogP contribution in [0.15, 0.2) is 48.5 Å². The molecule has 4 aromatic rings. The van der Waals surface area contributed by atoms with Crippen molar-refractivity contribution in [3.05, 3.63) is 81.9 Å². The number of methoxy groups -OCH3 is 10. The van der Waals surface area contributed by atoms with E-state index in [4.69, 9.17) is 56.8 Å². The maximum absolute atomic E-state index is 13.0. The number of ether oxygens (including phenoxy) is 12. The fraction of sp³-hybridized carbons (Fsp3) is 0.509. The molecule has 16 heteroatoms. The Kier molecular flexibility index (Phi) is 17.6. The van der Waals surface area contributed by atoms with E-state index in [1.807, 2.05) is 36.4 Å². The van der Waals surface area contributed by atoms with Gasteiger partial charge in [-0.3, -0.25) is 9.59 Å². The average Bonchev–Trinajstić information content (AvgIpc) is 3.37. The van der Waals surface area contributed by atoms with E-state index >= 15 is 0 Å². The number of esters is 2. The third-order valence-corrected chi connectivity index (χ3v) is 14.0. The number of likely N-dealkylation sites (N-methyl/N-ethyl adjacent to an activating group) is 2. The van der Waals surface area contributed by atoms with Crippen LogP contribution in [0.4, 0.5) is 0 Å². The van der Waals surface area contributed by atoms with Gasteiger partial charge in [0.25, 0.3) is 0 Å². The first-order valence-corrected chi connectivity index (χ1v) is 23.4. The molecule has 0 N–H and O–H groups in total. The average molecular weight is 961 g/mol. The summed E-state index contributed by atoms with van der Waals surface area (Å²) in [7, 11) is 20.7. The van der Waals surface area contributed by atoms with E-state index in [2.05, 4.69) is 26.2 Å². The van der Waals surface area contributed by atoms with Gasteiger partial charge in [0, 0.05) is 43.2 Å². The Morgan fingerprint density at radius 3 is 1.54 bits per heavy atom. The van der Waals surface area contributed by atoms with Crippen LogP contribution in [-0.4, -0.2) is 145 Å². The van der Waals surface area contributed by atoms with Crippen LogP contribution in [0.2, 0.25) is 0 Å². The zero-order chi connectivity index (χ0) is 49.9. The molecule has 69 heavy (non-hydrogen) atoms. The van der Waals surface area contributed by atoms with Crippen molar-refractivity contribution in [2.75, 3.05) is 125 Å². The number of quaternary nitrogens is 2. The van der Waals surface area contributed by atoms with E-state index in [-0.39, 0.29) is 38.1 Å². The Bertz CT molecular complexity index is 2400. The second-order valence-electron chi connectivity index (χ2n) is 17.9. The summed E-state index contributed by atoms with van der Waals surface area (Å²) < 4.78 is 70.0. The van der Waals surface area contributed by atoms with Crippen LogP contribution in [0.3, 0.4) is 0 Å². The normalized spacial score (nSPS) is 19.2. The summed E-state index contributed by atoms with van der Waals surface area (Å²) in [5.74, 6) is 5.18. The molecule has 0 saturated carbocycles. The molecule has 2 heterocycles. The first-order valence-electron chi connectivity index (χ1n) is 23.4. The van der Waals surface area contributed by atoms with Crippen LogP contribution >= 0.6 is 0 Å². The zero-order valence-corrected chi connectivity index (χ0v) is 42.6. The fourth-order valence-corrected chi connectivity index (χ4v) is 10.3. The minimum absolute atomic E-state index is 0.0180. The molecule has 2 aliphatic rings. The van der Waals surface area contributed by atoms with Crippen LogP contribution in [-0.2, 0) is 38.3 Å². The van der Waals surface area contributed by atoms with Crippen molar-refractivity contribution >= 4 is 11.9 Å². The van der Waals surface area contributed by atoms with Gasteiger partial charge >= 0.3 is 11.9 Å². The molecule has 376 valence electrons. The van der Waals surface area contributed by atoms with Crippen molar-refractivity contribution in [1.29, 1.82) is 0 Å². The van der Waals surface area contributed by atoms with Gasteiger partial charge in [-0.15, -0.1) is 0 Å². The highest BCUT2D eigenvalue weighted by Gasteiger charge is 2.44. The zero-order valence-electron chi connectivity index (χ0n) is 42.6. The van der Waals surface area contributed by atoms with Gasteiger partial charge in [0.05, 0.1) is 143 Å². The van der Waals surface area contributed by atoms with E-state index in [0.29, 0.717) is 92.3 Å². The fourth-order valence-electron chi connectivity index (χ4n) is 10.3. The van der Waals surface area contributed by atoms with Crippen molar-refractivity contribution in [3.8, 4) is 57.5 Å². The molecule has 0 radical (unpaired) electrons. The van der Waals surface area contributed by atoms with Crippen molar-refractivity contribution in [2.24, 2.45) is 0 Å². The second-order valence-corrected chi connectivity index (χ2v) is 17.9. The highest BCUT2D eigenvalue weighted by atomic mass is 16.6. The molecule has 6 rings (SSSR count). The summed E-state index contributed by atoms with van der Waals surface area (Å²) in [4.78, 5) is 26.0. The molecule has 4 atom stereocenters. The maximum Gasteiger partial charge on any atom is 0.306 e. The lowest BCUT2D eigenvalue weighted by Gasteiger charge is -2.46. The standard InChI is InChI=1S/C53H72N2O14/c1-54(23-19-35-30-42(60-5)43(61-6)33-38(35)39(54)27-34-28-44(62-7)51(65-10)45(29-34)63-8)21-13-25-68-47(56)17-18-48(57)69-26-14-22-55(2)24-20-36-31-46(64-9)52(66-11)53(67-12)49(36)50(55)37-15-16-40(58-3)41(32-37)59-4/h15-16,28-33,39,50H,13-14,17-27H2,1-12H3/q+2. The molecular formula is C53H72N2O14+2. The summed E-state index contributed by atoms with van der Waals surface area (Å²) in [5.41, 5.74) is 6.50. The number of hydrogen-bond donors (Lipinski definition) is 0. The van der Waals surface area contributed by atoms with Gasteiger partial charge in [0.2, 0.25) is 11.5 Å². The molecule has 0 fully saturated rings. The highest BCUT2D eigenvalue weighted by molar-refractivity contribution is 5.77. The molecule has 0 bridgehead atoms. The number of rotatable bonds is 24. The van der Waals surface area contributed by atoms with Gasteiger partial charge in [-0.1, -0.05) is 0 Å². The number of hydrogen-bond acceptors (Lipinski definition) is 14. The minimum atomic E-state index is -0.444. The number of benzene rings is 4. The summed E-state index contributed by atoms with van der Waals surface area (Å²) in [5, 5.41) is 0. The van der Waals surface area contributed by atoms with Crippen molar-refractivity contribution in [3.63, 3.8) is 0 Å². The van der Waals surface area contributed by atoms with Gasteiger partial charge in [-0.2, -0.15) is 0 Å². The molecule has 4 aromatic carbocycles. The lowest BCUT2D eigenvalue weighted by atomic mass is 9.84. The maximum atomic E-state index is 13.0. The van der Waals surface area contributed by atoms with Crippen molar-refractivity contribution in [2.45, 2.75) is 57.0 Å². The second kappa shape index (κ2) is 23.4. The Hall–Kier alpha value is -6.26. The smallest absolute Gasteiger partial charge is 0.306 e. The number of carbonyl (C=O) groups is 2. The summed E-state index contributed by atoms with van der Waals surface area (Å²) in [6.45, 7) is 3.50. The highest BCUT2D eigenvalue weighted by Crippen LogP contribution is 2.52. The minimum Gasteiger partial charge on any atom is -0.493 e. The molecule has 2 aliphatic heterocycles. The van der Waals surface area contributed by atoms with E-state index in [9.17, 15) is 9.59 Å².